The minimum Gasteiger partial charge on any atom is -0.385 e. The Morgan fingerprint density at radius 1 is 1.39 bits per heavy atom. The molecule has 1 unspecified atom stereocenters. The highest BCUT2D eigenvalue weighted by atomic mass is 32.2. The number of rotatable bonds is 7. The molecular weight excluding hydrogens is 340 g/mol. The van der Waals surface area contributed by atoms with E-state index in [-0.39, 0.29) is 24.1 Å². The van der Waals surface area contributed by atoms with E-state index < -0.39 is 10.0 Å². The number of hydrazine groups is 1. The molecular formula is C13H26N4O4S2. The quantitative estimate of drug-likeness (QED) is 0.320. The molecule has 0 aliphatic carbocycles. The molecule has 0 aromatic heterocycles. The summed E-state index contributed by atoms with van der Waals surface area (Å²) in [5.74, 6) is -0.564. The molecule has 1 saturated heterocycles. The Morgan fingerprint density at radius 2 is 2.13 bits per heavy atom. The lowest BCUT2D eigenvalue weighted by Gasteiger charge is -2.30. The number of carbonyl (C=O) groups excluding carboxylic acids is 1. The molecule has 134 valence electrons. The number of nitrogens with zero attached hydrogens (tertiary/aromatic N) is 1. The van der Waals surface area contributed by atoms with Gasteiger partial charge in [-0.15, -0.1) is 0 Å². The third-order valence-corrected chi connectivity index (χ3v) is 5.72. The Kier molecular flexibility index (Phi) is 8.74. The summed E-state index contributed by atoms with van der Waals surface area (Å²) in [4.78, 5) is 12.1. The number of piperidine rings is 1. The standard InChI is InChI=1S/C13H26N4O4S2/c1-3-23(19,20)17-8-4-6-11(10-17)12(18)15-16-13(22)14-7-5-9-21-2/h11H,3-10H2,1-2H3,(H,15,18)(H2,14,16,22). The number of carbonyl (C=O) groups is 1. The molecule has 0 radical (unpaired) electrons. The monoisotopic (exact) mass is 366 g/mol. The molecule has 1 amide bonds. The number of hydrogen-bond donors (Lipinski definition) is 3. The van der Waals surface area contributed by atoms with E-state index in [0.717, 1.165) is 6.42 Å². The van der Waals surface area contributed by atoms with E-state index >= 15 is 0 Å². The van der Waals surface area contributed by atoms with Gasteiger partial charge in [-0.2, -0.15) is 0 Å². The van der Waals surface area contributed by atoms with E-state index in [4.69, 9.17) is 17.0 Å². The molecule has 0 aromatic carbocycles. The van der Waals surface area contributed by atoms with Gasteiger partial charge in [-0.05, 0) is 38.4 Å². The van der Waals surface area contributed by atoms with Crippen molar-refractivity contribution in [3.05, 3.63) is 0 Å². The molecule has 23 heavy (non-hydrogen) atoms. The summed E-state index contributed by atoms with van der Waals surface area (Å²) in [6.45, 7) is 3.58. The molecule has 0 spiro atoms. The minimum atomic E-state index is -3.25. The molecule has 1 atom stereocenters. The van der Waals surface area contributed by atoms with Crippen LogP contribution in [0, 0.1) is 5.92 Å². The Labute approximate surface area is 143 Å². The number of thiocarbonyl (C=S) groups is 1. The van der Waals surface area contributed by atoms with E-state index in [1.165, 1.54) is 4.31 Å². The first-order valence-electron chi connectivity index (χ1n) is 7.71. The van der Waals surface area contributed by atoms with Gasteiger partial charge in [0.25, 0.3) is 0 Å². The first-order valence-corrected chi connectivity index (χ1v) is 9.73. The zero-order valence-electron chi connectivity index (χ0n) is 13.6. The fourth-order valence-corrected chi connectivity index (χ4v) is 3.61. The van der Waals surface area contributed by atoms with Crippen molar-refractivity contribution in [1.29, 1.82) is 0 Å². The molecule has 1 aliphatic heterocycles. The first-order chi connectivity index (χ1) is 10.9. The van der Waals surface area contributed by atoms with Gasteiger partial charge in [0.15, 0.2) is 5.11 Å². The Balaban J connectivity index is 2.35. The number of sulfonamides is 1. The number of methoxy groups -OCH3 is 1. The minimum absolute atomic E-state index is 0.0507. The van der Waals surface area contributed by atoms with Crippen molar-refractivity contribution in [2.45, 2.75) is 26.2 Å². The van der Waals surface area contributed by atoms with Gasteiger partial charge >= 0.3 is 0 Å². The Hall–Kier alpha value is -0.970. The topological polar surface area (TPSA) is 99.8 Å². The maximum absolute atomic E-state index is 12.1. The van der Waals surface area contributed by atoms with E-state index in [2.05, 4.69) is 16.2 Å². The summed E-state index contributed by atoms with van der Waals surface area (Å²) in [6, 6.07) is 0. The van der Waals surface area contributed by atoms with Crippen LogP contribution in [0.15, 0.2) is 0 Å². The van der Waals surface area contributed by atoms with E-state index in [1.54, 1.807) is 14.0 Å². The second-order valence-corrected chi connectivity index (χ2v) is 7.98. The van der Waals surface area contributed by atoms with Crippen molar-refractivity contribution in [3.8, 4) is 0 Å². The van der Waals surface area contributed by atoms with Crippen LogP contribution in [-0.4, -0.2) is 62.8 Å². The largest absolute Gasteiger partial charge is 0.385 e. The molecule has 0 saturated carbocycles. The lowest BCUT2D eigenvalue weighted by molar-refractivity contribution is -0.126. The predicted octanol–water partition coefficient (Wildman–Crippen LogP) is -0.420. The highest BCUT2D eigenvalue weighted by Crippen LogP contribution is 2.19. The van der Waals surface area contributed by atoms with Crippen LogP contribution in [0.1, 0.15) is 26.2 Å². The smallest absolute Gasteiger partial charge is 0.242 e. The predicted molar refractivity (Wildman–Crippen MR) is 92.1 cm³/mol. The van der Waals surface area contributed by atoms with Gasteiger partial charge in [-0.3, -0.25) is 15.6 Å². The Bertz CT molecular complexity index is 498. The highest BCUT2D eigenvalue weighted by molar-refractivity contribution is 7.89. The van der Waals surface area contributed by atoms with E-state index in [0.29, 0.717) is 37.7 Å². The van der Waals surface area contributed by atoms with Crippen LogP contribution >= 0.6 is 12.2 Å². The zero-order valence-corrected chi connectivity index (χ0v) is 15.3. The van der Waals surface area contributed by atoms with Crippen LogP contribution in [0.2, 0.25) is 0 Å². The van der Waals surface area contributed by atoms with Crippen molar-refractivity contribution < 1.29 is 17.9 Å². The highest BCUT2D eigenvalue weighted by Gasteiger charge is 2.31. The van der Waals surface area contributed by atoms with E-state index in [1.807, 2.05) is 0 Å². The lowest BCUT2D eigenvalue weighted by atomic mass is 9.99. The van der Waals surface area contributed by atoms with Crippen molar-refractivity contribution in [2.24, 2.45) is 5.92 Å². The summed E-state index contributed by atoms with van der Waals surface area (Å²) in [5, 5.41) is 3.26. The summed E-state index contributed by atoms with van der Waals surface area (Å²) in [6.07, 6.45) is 2.15. The van der Waals surface area contributed by atoms with Gasteiger partial charge in [0.05, 0.1) is 11.7 Å². The summed E-state index contributed by atoms with van der Waals surface area (Å²) in [7, 11) is -1.63. The lowest BCUT2D eigenvalue weighted by Crippen LogP contribution is -2.52. The average molecular weight is 367 g/mol. The molecule has 1 heterocycles. The number of amides is 1. The van der Waals surface area contributed by atoms with Crippen LogP contribution < -0.4 is 16.2 Å². The summed E-state index contributed by atoms with van der Waals surface area (Å²) < 4.78 is 30.1. The number of ether oxygens (including phenoxy) is 1. The van der Waals surface area contributed by atoms with E-state index in [9.17, 15) is 13.2 Å². The maximum Gasteiger partial charge on any atom is 0.242 e. The molecule has 3 N–H and O–H groups in total. The van der Waals surface area contributed by atoms with Crippen molar-refractivity contribution in [1.82, 2.24) is 20.5 Å². The van der Waals surface area contributed by atoms with Crippen LogP contribution in [0.25, 0.3) is 0 Å². The first kappa shape index (κ1) is 20.1. The molecule has 1 aliphatic rings. The van der Waals surface area contributed by atoms with Crippen molar-refractivity contribution in [2.75, 3.05) is 39.1 Å². The fourth-order valence-electron chi connectivity index (χ4n) is 2.27. The fraction of sp³-hybridized carbons (Fsp3) is 0.846. The van der Waals surface area contributed by atoms with Gasteiger partial charge in [-0.25, -0.2) is 12.7 Å². The average Bonchev–Trinajstić information content (AvgIpc) is 2.56. The second-order valence-electron chi connectivity index (χ2n) is 5.31. The number of nitrogens with one attached hydrogen (secondary N) is 3. The molecule has 1 rings (SSSR count). The van der Waals surface area contributed by atoms with Crippen molar-refractivity contribution >= 4 is 33.3 Å². The SMILES string of the molecule is CCS(=O)(=O)N1CCCC(C(=O)NNC(=S)NCCCOC)C1. The van der Waals surface area contributed by atoms with Crippen LogP contribution in [0.5, 0.6) is 0 Å². The van der Waals surface area contributed by atoms with Gasteiger partial charge in [-0.1, -0.05) is 0 Å². The number of hydrogen-bond acceptors (Lipinski definition) is 5. The van der Waals surface area contributed by atoms with Crippen molar-refractivity contribution in [3.63, 3.8) is 0 Å². The second kappa shape index (κ2) is 10.0. The van der Waals surface area contributed by atoms with Gasteiger partial charge < -0.3 is 10.1 Å². The van der Waals surface area contributed by atoms with Gasteiger partial charge in [0, 0.05) is 33.4 Å². The molecule has 8 nitrogen and oxygen atoms in total. The molecule has 0 aromatic rings. The molecule has 0 bridgehead atoms. The third kappa shape index (κ3) is 6.98. The Morgan fingerprint density at radius 3 is 2.78 bits per heavy atom. The third-order valence-electron chi connectivity index (χ3n) is 3.62. The van der Waals surface area contributed by atoms with Gasteiger partial charge in [0.2, 0.25) is 15.9 Å². The van der Waals surface area contributed by atoms with Crippen LogP contribution in [0.4, 0.5) is 0 Å². The van der Waals surface area contributed by atoms with Crippen LogP contribution in [-0.2, 0) is 19.6 Å². The summed E-state index contributed by atoms with van der Waals surface area (Å²) in [5.41, 5.74) is 5.17. The normalized spacial score (nSPS) is 19.1. The molecule has 10 heteroatoms. The molecule has 1 fully saturated rings. The summed E-state index contributed by atoms with van der Waals surface area (Å²) >= 11 is 5.04. The maximum atomic E-state index is 12.1. The van der Waals surface area contributed by atoms with Gasteiger partial charge in [0.1, 0.15) is 0 Å². The zero-order chi connectivity index (χ0) is 17.3. The van der Waals surface area contributed by atoms with Crippen LogP contribution in [0.3, 0.4) is 0 Å².